The Morgan fingerprint density at radius 3 is 2.59 bits per heavy atom. The molecule has 0 atom stereocenters. The summed E-state index contributed by atoms with van der Waals surface area (Å²) in [6, 6.07) is 2.97. The lowest BCUT2D eigenvalue weighted by molar-refractivity contribution is 0.0697. The molecule has 0 spiro atoms. The molecule has 0 radical (unpaired) electrons. The van der Waals surface area contributed by atoms with Crippen molar-refractivity contribution >= 4 is 5.97 Å². The molecule has 3 heterocycles. The van der Waals surface area contributed by atoms with Gasteiger partial charge in [0.2, 0.25) is 0 Å². The van der Waals surface area contributed by atoms with Crippen LogP contribution in [0, 0.1) is 0 Å². The Balaban J connectivity index is 2.23. The molecular formula is C15H14N4O3. The quantitative estimate of drug-likeness (QED) is 0.789. The topological polar surface area (TPSA) is 82.0 Å². The molecule has 0 aliphatic heterocycles. The SMILES string of the molecule is Cn1cc(-c2cn(C)c(=O)cc2-n2ccc(C(=O)O)c2)cn1. The average molecular weight is 298 g/mol. The largest absolute Gasteiger partial charge is 0.478 e. The van der Waals surface area contributed by atoms with Crippen molar-refractivity contribution in [2.45, 2.75) is 0 Å². The third-order valence-corrected chi connectivity index (χ3v) is 3.44. The van der Waals surface area contributed by atoms with Gasteiger partial charge >= 0.3 is 5.97 Å². The molecular weight excluding hydrogens is 284 g/mol. The number of aryl methyl sites for hydroxylation is 2. The van der Waals surface area contributed by atoms with Gasteiger partial charge < -0.3 is 14.2 Å². The van der Waals surface area contributed by atoms with E-state index in [1.54, 1.807) is 34.9 Å². The number of carbonyl (C=O) groups is 1. The minimum atomic E-state index is -1.01. The van der Waals surface area contributed by atoms with Crippen LogP contribution in [0.25, 0.3) is 16.8 Å². The van der Waals surface area contributed by atoms with E-state index in [9.17, 15) is 9.59 Å². The second-order valence-corrected chi connectivity index (χ2v) is 5.04. The molecule has 1 N–H and O–H groups in total. The number of hydrogen-bond acceptors (Lipinski definition) is 3. The van der Waals surface area contributed by atoms with Crippen LogP contribution in [-0.4, -0.2) is 30.0 Å². The fourth-order valence-corrected chi connectivity index (χ4v) is 2.29. The van der Waals surface area contributed by atoms with Gasteiger partial charge in [0.15, 0.2) is 0 Å². The molecule has 22 heavy (non-hydrogen) atoms. The van der Waals surface area contributed by atoms with E-state index in [1.165, 1.54) is 22.9 Å². The predicted molar refractivity (Wildman–Crippen MR) is 80.2 cm³/mol. The van der Waals surface area contributed by atoms with Crippen LogP contribution in [0.1, 0.15) is 10.4 Å². The van der Waals surface area contributed by atoms with Crippen molar-refractivity contribution in [1.29, 1.82) is 0 Å². The normalized spacial score (nSPS) is 10.8. The lowest BCUT2D eigenvalue weighted by Crippen LogP contribution is -2.17. The lowest BCUT2D eigenvalue weighted by atomic mass is 10.1. The zero-order chi connectivity index (χ0) is 15.9. The maximum absolute atomic E-state index is 12.0. The molecule has 0 aromatic carbocycles. The predicted octanol–water partition coefficient (Wildman–Crippen LogP) is 1.27. The van der Waals surface area contributed by atoms with Crippen LogP contribution >= 0.6 is 0 Å². The fourth-order valence-electron chi connectivity index (χ4n) is 2.29. The first-order valence-electron chi connectivity index (χ1n) is 6.57. The van der Waals surface area contributed by atoms with Gasteiger partial charge in [0.05, 0.1) is 17.4 Å². The molecule has 0 aliphatic carbocycles. The number of carboxylic acid groups (broad SMARTS) is 1. The molecule has 0 saturated heterocycles. The molecule has 0 saturated carbocycles. The molecule has 3 rings (SSSR count). The molecule has 0 bridgehead atoms. The van der Waals surface area contributed by atoms with Gasteiger partial charge in [-0.3, -0.25) is 9.48 Å². The van der Waals surface area contributed by atoms with Gasteiger partial charge in [-0.25, -0.2) is 4.79 Å². The van der Waals surface area contributed by atoms with Crippen molar-refractivity contribution in [3.05, 3.63) is 59.0 Å². The van der Waals surface area contributed by atoms with Crippen molar-refractivity contribution in [3.63, 3.8) is 0 Å². The van der Waals surface area contributed by atoms with Crippen LogP contribution in [0.5, 0.6) is 0 Å². The van der Waals surface area contributed by atoms with E-state index in [0.29, 0.717) is 5.69 Å². The van der Waals surface area contributed by atoms with Gasteiger partial charge in [-0.2, -0.15) is 5.10 Å². The van der Waals surface area contributed by atoms with Crippen LogP contribution in [-0.2, 0) is 14.1 Å². The second-order valence-electron chi connectivity index (χ2n) is 5.04. The lowest BCUT2D eigenvalue weighted by Gasteiger charge is -2.10. The maximum Gasteiger partial charge on any atom is 0.337 e. The van der Waals surface area contributed by atoms with Crippen LogP contribution in [0.3, 0.4) is 0 Å². The molecule has 0 aliphatic rings. The van der Waals surface area contributed by atoms with Gasteiger partial charge in [-0.1, -0.05) is 0 Å². The smallest absolute Gasteiger partial charge is 0.337 e. The van der Waals surface area contributed by atoms with E-state index in [2.05, 4.69) is 5.10 Å². The first kappa shape index (κ1) is 13.9. The maximum atomic E-state index is 12.0. The number of rotatable bonds is 3. The number of carboxylic acids is 1. The second kappa shape index (κ2) is 5.03. The summed E-state index contributed by atoms with van der Waals surface area (Å²) in [5.74, 6) is -1.01. The van der Waals surface area contributed by atoms with Crippen molar-refractivity contribution in [2.24, 2.45) is 14.1 Å². The van der Waals surface area contributed by atoms with Gasteiger partial charge in [0, 0.05) is 56.1 Å². The summed E-state index contributed by atoms with van der Waals surface area (Å²) in [7, 11) is 3.48. The Morgan fingerprint density at radius 2 is 2.00 bits per heavy atom. The minimum Gasteiger partial charge on any atom is -0.478 e. The van der Waals surface area contributed by atoms with Gasteiger partial charge in [-0.15, -0.1) is 0 Å². The number of hydrogen-bond donors (Lipinski definition) is 1. The molecule has 7 nitrogen and oxygen atoms in total. The van der Waals surface area contributed by atoms with Gasteiger partial charge in [0.1, 0.15) is 0 Å². The van der Waals surface area contributed by atoms with Crippen LogP contribution in [0.4, 0.5) is 0 Å². The highest BCUT2D eigenvalue weighted by atomic mass is 16.4. The number of nitrogens with zero attached hydrogens (tertiary/aromatic N) is 4. The monoisotopic (exact) mass is 298 g/mol. The highest BCUT2D eigenvalue weighted by molar-refractivity contribution is 5.87. The molecule has 0 amide bonds. The molecule has 112 valence electrons. The number of aromatic nitrogens is 4. The summed E-state index contributed by atoms with van der Waals surface area (Å²) in [6.07, 6.45) is 8.36. The zero-order valence-corrected chi connectivity index (χ0v) is 12.1. The highest BCUT2D eigenvalue weighted by Gasteiger charge is 2.13. The van der Waals surface area contributed by atoms with Crippen LogP contribution < -0.4 is 5.56 Å². The minimum absolute atomic E-state index is 0.165. The third-order valence-electron chi connectivity index (χ3n) is 3.44. The van der Waals surface area contributed by atoms with Crippen molar-refractivity contribution in [3.8, 4) is 16.8 Å². The molecule has 7 heteroatoms. The fraction of sp³-hybridized carbons (Fsp3) is 0.133. The number of aromatic carboxylic acids is 1. The Morgan fingerprint density at radius 1 is 1.23 bits per heavy atom. The van der Waals surface area contributed by atoms with Gasteiger partial charge in [-0.05, 0) is 6.07 Å². The van der Waals surface area contributed by atoms with E-state index in [0.717, 1.165) is 11.1 Å². The molecule has 0 fully saturated rings. The molecule has 0 unspecified atom stereocenters. The van der Waals surface area contributed by atoms with E-state index < -0.39 is 5.97 Å². The van der Waals surface area contributed by atoms with Crippen LogP contribution in [0.2, 0.25) is 0 Å². The van der Waals surface area contributed by atoms with Crippen molar-refractivity contribution in [2.75, 3.05) is 0 Å². The Hall–Kier alpha value is -3.09. The third kappa shape index (κ3) is 2.32. The summed E-state index contributed by atoms with van der Waals surface area (Å²) in [5.41, 5.74) is 2.25. The first-order chi connectivity index (χ1) is 10.5. The Bertz CT molecular complexity index is 917. The summed E-state index contributed by atoms with van der Waals surface area (Å²) >= 11 is 0. The van der Waals surface area contributed by atoms with E-state index in [1.807, 2.05) is 13.2 Å². The summed E-state index contributed by atoms with van der Waals surface area (Å²) in [5, 5.41) is 13.2. The summed E-state index contributed by atoms with van der Waals surface area (Å²) in [6.45, 7) is 0. The van der Waals surface area contributed by atoms with Crippen molar-refractivity contribution in [1.82, 2.24) is 18.9 Å². The molecule has 3 aromatic heterocycles. The summed E-state index contributed by atoms with van der Waals surface area (Å²) in [4.78, 5) is 23.0. The van der Waals surface area contributed by atoms with E-state index in [-0.39, 0.29) is 11.1 Å². The Labute approximate surface area is 125 Å². The Kier molecular flexibility index (Phi) is 3.17. The molecule has 3 aromatic rings. The highest BCUT2D eigenvalue weighted by Crippen LogP contribution is 2.25. The van der Waals surface area contributed by atoms with E-state index >= 15 is 0 Å². The number of pyridine rings is 1. The average Bonchev–Trinajstić information content (AvgIpc) is 3.10. The van der Waals surface area contributed by atoms with Gasteiger partial charge in [0.25, 0.3) is 5.56 Å². The van der Waals surface area contributed by atoms with Crippen molar-refractivity contribution < 1.29 is 9.90 Å². The summed E-state index contributed by atoms with van der Waals surface area (Å²) < 4.78 is 4.78. The van der Waals surface area contributed by atoms with E-state index in [4.69, 9.17) is 5.11 Å². The zero-order valence-electron chi connectivity index (χ0n) is 12.1. The standard InChI is InChI=1S/C15H14N4O3/c1-17-9-12(11-6-16-18(2)7-11)13(5-14(17)20)19-4-3-10(8-19)15(21)22/h3-9H,1-2H3,(H,21,22). The van der Waals surface area contributed by atoms with Crippen LogP contribution in [0.15, 0.2) is 47.9 Å². The first-order valence-corrected chi connectivity index (χ1v) is 6.57.